The van der Waals surface area contributed by atoms with E-state index in [1.54, 1.807) is 0 Å². The van der Waals surface area contributed by atoms with Crippen molar-refractivity contribution in [2.24, 2.45) is 5.73 Å². The summed E-state index contributed by atoms with van der Waals surface area (Å²) in [6, 6.07) is 2.23. The molecule has 1 aromatic carbocycles. The summed E-state index contributed by atoms with van der Waals surface area (Å²) in [5.41, 5.74) is 6.14. The maximum absolute atomic E-state index is 13.1. The van der Waals surface area contributed by atoms with E-state index in [4.69, 9.17) is 10.5 Å². The first-order chi connectivity index (χ1) is 7.33. The Kier molecular flexibility index (Phi) is 3.86. The first kappa shape index (κ1) is 12.9. The Morgan fingerprint density at radius 2 is 1.81 bits per heavy atom. The summed E-state index contributed by atoms with van der Waals surface area (Å²) in [7, 11) is 1.43. The van der Waals surface area contributed by atoms with Gasteiger partial charge in [-0.1, -0.05) is 0 Å². The van der Waals surface area contributed by atoms with Crippen LogP contribution in [0.2, 0.25) is 0 Å². The molecule has 0 spiro atoms. The molecule has 0 aliphatic carbocycles. The van der Waals surface area contributed by atoms with E-state index in [1.807, 2.05) is 13.8 Å². The van der Waals surface area contributed by atoms with E-state index in [1.165, 1.54) is 13.2 Å². The molecule has 0 aromatic heterocycles. The normalized spacial score (nSPS) is 11.6. The van der Waals surface area contributed by atoms with Crippen LogP contribution in [0.15, 0.2) is 12.1 Å². The van der Waals surface area contributed by atoms with E-state index in [2.05, 4.69) is 0 Å². The molecule has 0 aliphatic heterocycles. The minimum Gasteiger partial charge on any atom is -0.496 e. The van der Waals surface area contributed by atoms with Gasteiger partial charge in [-0.05, 0) is 38.3 Å². The molecule has 2 N–H and O–H groups in total. The molecule has 0 saturated carbocycles. The van der Waals surface area contributed by atoms with Crippen molar-refractivity contribution >= 4 is 0 Å². The number of benzene rings is 1. The van der Waals surface area contributed by atoms with Gasteiger partial charge in [0.2, 0.25) is 0 Å². The van der Waals surface area contributed by atoms with E-state index in [9.17, 15) is 8.78 Å². The van der Waals surface area contributed by atoms with Gasteiger partial charge >= 0.3 is 0 Å². The smallest absolute Gasteiger partial charge is 0.162 e. The number of methoxy groups -OCH3 is 1. The zero-order valence-corrected chi connectivity index (χ0v) is 9.81. The van der Waals surface area contributed by atoms with Gasteiger partial charge in [0.05, 0.1) is 7.11 Å². The van der Waals surface area contributed by atoms with Crippen LogP contribution in [0.1, 0.15) is 25.8 Å². The third-order valence-corrected chi connectivity index (χ3v) is 2.36. The van der Waals surface area contributed by atoms with Gasteiger partial charge in [-0.3, -0.25) is 0 Å². The topological polar surface area (TPSA) is 35.2 Å². The standard InChI is InChI=1S/C12H17F2NO/c1-12(2,15)5-4-8-6-9(13)10(14)7-11(8)16-3/h6-7H,4-5,15H2,1-3H3. The number of nitrogens with two attached hydrogens (primary N) is 1. The molecular formula is C12H17F2NO. The fourth-order valence-corrected chi connectivity index (χ4v) is 1.41. The monoisotopic (exact) mass is 229 g/mol. The molecule has 0 heterocycles. The average Bonchev–Trinajstić information content (AvgIpc) is 2.18. The molecule has 2 nitrogen and oxygen atoms in total. The highest BCUT2D eigenvalue weighted by Gasteiger charge is 2.15. The summed E-state index contributed by atoms with van der Waals surface area (Å²) in [6.07, 6.45) is 1.23. The molecular weight excluding hydrogens is 212 g/mol. The predicted molar refractivity (Wildman–Crippen MR) is 59.5 cm³/mol. The van der Waals surface area contributed by atoms with Gasteiger partial charge in [-0.2, -0.15) is 0 Å². The van der Waals surface area contributed by atoms with Gasteiger partial charge in [-0.15, -0.1) is 0 Å². The molecule has 0 saturated heterocycles. The molecule has 16 heavy (non-hydrogen) atoms. The Hall–Kier alpha value is -1.16. The van der Waals surface area contributed by atoms with E-state index < -0.39 is 11.6 Å². The molecule has 0 fully saturated rings. The van der Waals surface area contributed by atoms with E-state index >= 15 is 0 Å². The fraction of sp³-hybridized carbons (Fsp3) is 0.500. The van der Waals surface area contributed by atoms with Crippen LogP contribution >= 0.6 is 0 Å². The molecule has 0 unspecified atom stereocenters. The van der Waals surface area contributed by atoms with Crippen molar-refractivity contribution < 1.29 is 13.5 Å². The Bertz CT molecular complexity index is 372. The van der Waals surface area contributed by atoms with Crippen LogP contribution in [0.25, 0.3) is 0 Å². The Morgan fingerprint density at radius 3 is 2.31 bits per heavy atom. The molecule has 0 bridgehead atoms. The first-order valence-corrected chi connectivity index (χ1v) is 5.14. The van der Waals surface area contributed by atoms with Crippen LogP contribution < -0.4 is 10.5 Å². The highest BCUT2D eigenvalue weighted by molar-refractivity contribution is 5.35. The Morgan fingerprint density at radius 1 is 1.25 bits per heavy atom. The lowest BCUT2D eigenvalue weighted by molar-refractivity contribution is 0.395. The number of hydrogen-bond donors (Lipinski definition) is 1. The number of hydrogen-bond acceptors (Lipinski definition) is 2. The molecule has 4 heteroatoms. The van der Waals surface area contributed by atoms with Gasteiger partial charge in [-0.25, -0.2) is 8.78 Å². The molecule has 1 rings (SSSR count). The second kappa shape index (κ2) is 4.78. The average molecular weight is 229 g/mol. The van der Waals surface area contributed by atoms with Crippen molar-refractivity contribution in [2.75, 3.05) is 7.11 Å². The van der Waals surface area contributed by atoms with Crippen LogP contribution in [-0.2, 0) is 6.42 Å². The van der Waals surface area contributed by atoms with Crippen LogP contribution in [-0.4, -0.2) is 12.6 Å². The number of ether oxygens (including phenoxy) is 1. The molecule has 1 aromatic rings. The van der Waals surface area contributed by atoms with Gasteiger partial charge in [0.15, 0.2) is 11.6 Å². The summed E-state index contributed by atoms with van der Waals surface area (Å²) in [6.45, 7) is 3.78. The highest BCUT2D eigenvalue weighted by Crippen LogP contribution is 2.24. The van der Waals surface area contributed by atoms with E-state index in [0.717, 1.165) is 6.07 Å². The van der Waals surface area contributed by atoms with Gasteiger partial charge < -0.3 is 10.5 Å². The lowest BCUT2D eigenvalue weighted by atomic mass is 9.96. The summed E-state index contributed by atoms with van der Waals surface area (Å²) in [5, 5.41) is 0. The van der Waals surface area contributed by atoms with Gasteiger partial charge in [0.1, 0.15) is 5.75 Å². The number of rotatable bonds is 4. The van der Waals surface area contributed by atoms with Crippen molar-refractivity contribution in [3.8, 4) is 5.75 Å². The molecule has 90 valence electrons. The van der Waals surface area contributed by atoms with Crippen molar-refractivity contribution in [3.05, 3.63) is 29.3 Å². The fourth-order valence-electron chi connectivity index (χ4n) is 1.41. The quantitative estimate of drug-likeness (QED) is 0.861. The molecule has 0 amide bonds. The lowest BCUT2D eigenvalue weighted by Crippen LogP contribution is -2.32. The van der Waals surface area contributed by atoms with Gasteiger partial charge in [0, 0.05) is 11.6 Å². The summed E-state index contributed by atoms with van der Waals surface area (Å²) in [4.78, 5) is 0. The zero-order valence-electron chi connectivity index (χ0n) is 9.81. The van der Waals surface area contributed by atoms with Crippen LogP contribution in [0.4, 0.5) is 8.78 Å². The van der Waals surface area contributed by atoms with Gasteiger partial charge in [0.25, 0.3) is 0 Å². The van der Waals surface area contributed by atoms with Crippen molar-refractivity contribution in [2.45, 2.75) is 32.2 Å². The van der Waals surface area contributed by atoms with Crippen LogP contribution in [0.3, 0.4) is 0 Å². The lowest BCUT2D eigenvalue weighted by Gasteiger charge is -2.19. The highest BCUT2D eigenvalue weighted by atomic mass is 19.2. The minimum absolute atomic E-state index is 0.337. The third kappa shape index (κ3) is 3.45. The van der Waals surface area contributed by atoms with E-state index in [-0.39, 0.29) is 5.54 Å². The second-order valence-electron chi connectivity index (χ2n) is 4.57. The van der Waals surface area contributed by atoms with Crippen molar-refractivity contribution in [3.63, 3.8) is 0 Å². The van der Waals surface area contributed by atoms with Crippen molar-refractivity contribution in [1.82, 2.24) is 0 Å². The maximum Gasteiger partial charge on any atom is 0.162 e. The molecule has 0 aliphatic rings. The SMILES string of the molecule is COc1cc(F)c(F)cc1CCC(C)(C)N. The Labute approximate surface area is 94.4 Å². The Balaban J connectivity index is 2.90. The number of aryl methyl sites for hydroxylation is 1. The largest absolute Gasteiger partial charge is 0.496 e. The van der Waals surface area contributed by atoms with E-state index in [0.29, 0.717) is 24.2 Å². The van der Waals surface area contributed by atoms with Crippen molar-refractivity contribution in [1.29, 1.82) is 0 Å². The third-order valence-electron chi connectivity index (χ3n) is 2.36. The summed E-state index contributed by atoms with van der Waals surface area (Å²) >= 11 is 0. The predicted octanol–water partition coefficient (Wildman–Crippen LogP) is 2.64. The summed E-state index contributed by atoms with van der Waals surface area (Å²) in [5.74, 6) is -1.39. The maximum atomic E-state index is 13.1. The van der Waals surface area contributed by atoms with Crippen LogP contribution in [0.5, 0.6) is 5.75 Å². The number of halogens is 2. The summed E-state index contributed by atoms with van der Waals surface area (Å²) < 4.78 is 31.0. The molecule has 0 atom stereocenters. The zero-order chi connectivity index (χ0) is 12.3. The second-order valence-corrected chi connectivity index (χ2v) is 4.57. The minimum atomic E-state index is -0.896. The first-order valence-electron chi connectivity index (χ1n) is 5.14. The molecule has 0 radical (unpaired) electrons. The van der Waals surface area contributed by atoms with Crippen LogP contribution in [0, 0.1) is 11.6 Å².